The summed E-state index contributed by atoms with van der Waals surface area (Å²) in [5.41, 5.74) is 0.590. The van der Waals surface area contributed by atoms with Crippen molar-refractivity contribution in [3.63, 3.8) is 0 Å². The number of ether oxygens (including phenoxy) is 1. The first-order valence-electron chi connectivity index (χ1n) is 14.0. The van der Waals surface area contributed by atoms with Gasteiger partial charge in [-0.05, 0) is 54.7 Å². The number of phenolic OH excluding ortho intramolecular Hbond substituents is 1. The Bertz CT molecular complexity index is 1760. The number of nitrogens with one attached hydrogen (secondary N) is 1. The molecule has 0 aromatic heterocycles. The van der Waals surface area contributed by atoms with Gasteiger partial charge in [0.05, 0.1) is 36.0 Å². The average molecular weight is 662 g/mol. The quantitative estimate of drug-likeness (QED) is 0.291. The van der Waals surface area contributed by atoms with E-state index in [9.17, 15) is 19.5 Å². The Labute approximate surface area is 260 Å². The molecule has 0 radical (unpaired) electrons. The van der Waals surface area contributed by atoms with Crippen molar-refractivity contribution < 1.29 is 29.0 Å². The number of carbonyl (C=O) groups is 4. The molecule has 43 heavy (non-hydrogen) atoms. The third kappa shape index (κ3) is 3.87. The van der Waals surface area contributed by atoms with Crippen molar-refractivity contribution >= 4 is 56.8 Å². The van der Waals surface area contributed by atoms with Crippen molar-refractivity contribution in [2.75, 3.05) is 12.0 Å². The average Bonchev–Trinajstić information content (AvgIpc) is 3.42. The number of amides is 4. The van der Waals surface area contributed by atoms with Crippen LogP contribution in [-0.2, 0) is 24.6 Å². The maximum Gasteiger partial charge on any atom is 0.246 e. The summed E-state index contributed by atoms with van der Waals surface area (Å²) in [5, 5.41) is 14.5. The fourth-order valence-corrected chi connectivity index (χ4v) is 8.61. The normalized spacial score (nSPS) is 29.5. The maximum atomic E-state index is 15.1. The lowest BCUT2D eigenvalue weighted by Crippen LogP contribution is -2.53. The second kappa shape index (κ2) is 10.1. The molecule has 10 heteroatoms. The molecule has 2 saturated heterocycles. The molecule has 3 fully saturated rings. The lowest BCUT2D eigenvalue weighted by atomic mass is 9.49. The van der Waals surface area contributed by atoms with E-state index in [1.165, 1.54) is 12.0 Å². The summed E-state index contributed by atoms with van der Waals surface area (Å²) >= 11 is 9.86. The first-order chi connectivity index (χ1) is 20.7. The van der Waals surface area contributed by atoms with Gasteiger partial charge in [-0.25, -0.2) is 4.90 Å². The van der Waals surface area contributed by atoms with Crippen molar-refractivity contribution in [3.05, 3.63) is 99.0 Å². The van der Waals surface area contributed by atoms with Gasteiger partial charge in [0.25, 0.3) is 0 Å². The Hall–Kier alpha value is -3.95. The lowest BCUT2D eigenvalue weighted by molar-refractivity contribution is -0.128. The fraction of sp³-hybridized carbons (Fsp3) is 0.273. The minimum atomic E-state index is -1.49. The highest BCUT2D eigenvalue weighted by atomic mass is 79.9. The van der Waals surface area contributed by atoms with Gasteiger partial charge < -0.3 is 9.84 Å². The second-order valence-corrected chi connectivity index (χ2v) is 12.8. The van der Waals surface area contributed by atoms with Crippen molar-refractivity contribution in [1.29, 1.82) is 0 Å². The number of rotatable bonds is 4. The SMILES string of the molecule is COc1cc(Br)cc(C2C3=CCC4C(=O)NC(=O)C4C3CC3C(=O)N(c4cccc(Cl)c4)C(=O)C32c2ccccc2)c1O. The number of methoxy groups -OCH3 is 1. The number of phenols is 1. The molecule has 2 aliphatic carbocycles. The Morgan fingerprint density at radius 3 is 2.49 bits per heavy atom. The third-order valence-corrected chi connectivity index (χ3v) is 10.3. The van der Waals surface area contributed by atoms with Crippen LogP contribution < -0.4 is 15.0 Å². The van der Waals surface area contributed by atoms with E-state index in [-0.39, 0.29) is 29.7 Å². The molecule has 3 aromatic rings. The topological polar surface area (TPSA) is 113 Å². The summed E-state index contributed by atoms with van der Waals surface area (Å²) in [7, 11) is 1.44. The van der Waals surface area contributed by atoms with Gasteiger partial charge in [-0.2, -0.15) is 0 Å². The molecule has 6 unspecified atom stereocenters. The Morgan fingerprint density at radius 2 is 1.77 bits per heavy atom. The predicted molar refractivity (Wildman–Crippen MR) is 162 cm³/mol. The molecule has 4 amide bonds. The zero-order valence-electron chi connectivity index (χ0n) is 22.9. The van der Waals surface area contributed by atoms with Gasteiger partial charge >= 0.3 is 0 Å². The summed E-state index contributed by atoms with van der Waals surface area (Å²) in [4.78, 5) is 56.9. The highest BCUT2D eigenvalue weighted by Gasteiger charge is 2.70. The summed E-state index contributed by atoms with van der Waals surface area (Å²) in [5.74, 6) is -5.11. The zero-order chi connectivity index (χ0) is 30.2. The van der Waals surface area contributed by atoms with E-state index in [0.29, 0.717) is 32.7 Å². The molecule has 2 heterocycles. The monoisotopic (exact) mass is 660 g/mol. The van der Waals surface area contributed by atoms with E-state index in [1.807, 2.05) is 36.4 Å². The van der Waals surface area contributed by atoms with E-state index in [2.05, 4.69) is 21.2 Å². The molecular weight excluding hydrogens is 636 g/mol. The molecular formula is C33H26BrClN2O6. The summed E-state index contributed by atoms with van der Waals surface area (Å²) in [6, 6.07) is 19.1. The van der Waals surface area contributed by atoms with Gasteiger partial charge in [-0.15, -0.1) is 0 Å². The lowest BCUT2D eigenvalue weighted by Gasteiger charge is -2.50. The molecule has 3 aromatic carbocycles. The van der Waals surface area contributed by atoms with E-state index in [1.54, 1.807) is 36.4 Å². The minimum absolute atomic E-state index is 0.165. The highest BCUT2D eigenvalue weighted by molar-refractivity contribution is 9.10. The predicted octanol–water partition coefficient (Wildman–Crippen LogP) is 5.27. The van der Waals surface area contributed by atoms with E-state index < -0.39 is 46.8 Å². The van der Waals surface area contributed by atoms with Crippen LogP contribution >= 0.6 is 27.5 Å². The zero-order valence-corrected chi connectivity index (χ0v) is 25.3. The molecule has 2 aliphatic heterocycles. The first kappa shape index (κ1) is 27.9. The van der Waals surface area contributed by atoms with Crippen LogP contribution in [0.3, 0.4) is 0 Å². The van der Waals surface area contributed by atoms with Crippen LogP contribution in [0.5, 0.6) is 11.5 Å². The number of hydrogen-bond donors (Lipinski definition) is 2. The number of allylic oxidation sites excluding steroid dienone is 2. The Balaban J connectivity index is 1.56. The maximum absolute atomic E-state index is 15.1. The van der Waals surface area contributed by atoms with Crippen LogP contribution in [0, 0.1) is 23.7 Å². The molecule has 8 nitrogen and oxygen atoms in total. The van der Waals surface area contributed by atoms with Gasteiger partial charge in [0.15, 0.2) is 11.5 Å². The van der Waals surface area contributed by atoms with Gasteiger partial charge in [-0.1, -0.05) is 75.6 Å². The molecule has 2 N–H and O–H groups in total. The van der Waals surface area contributed by atoms with Crippen molar-refractivity contribution in [2.24, 2.45) is 23.7 Å². The van der Waals surface area contributed by atoms with E-state index in [0.717, 1.165) is 5.57 Å². The number of halogens is 2. The Morgan fingerprint density at radius 1 is 1.00 bits per heavy atom. The van der Waals surface area contributed by atoms with Crippen LogP contribution in [-0.4, -0.2) is 35.8 Å². The van der Waals surface area contributed by atoms with E-state index in [4.69, 9.17) is 16.3 Å². The van der Waals surface area contributed by atoms with Crippen LogP contribution in [0.15, 0.2) is 82.9 Å². The standard InChI is InChI=1S/C33H26BrClN2O6/c1-43-25-13-17(34)12-23(28(25)38)27-20-10-11-21-26(30(40)36-29(21)39)22(20)15-24-31(41)37(19-9-5-8-18(35)14-19)32(42)33(24,27)16-6-3-2-4-7-16/h2-10,12-14,21-22,24,26-27,38H,11,15H2,1H3,(H,36,39,40). The van der Waals surface area contributed by atoms with Crippen molar-refractivity contribution in [2.45, 2.75) is 24.2 Å². The number of carbonyl (C=O) groups excluding carboxylic acids is 4. The fourth-order valence-electron chi connectivity index (χ4n) is 7.97. The number of anilines is 1. The van der Waals surface area contributed by atoms with Crippen molar-refractivity contribution in [3.8, 4) is 11.5 Å². The number of fused-ring (bicyclic) bond motifs is 4. The summed E-state index contributed by atoms with van der Waals surface area (Å²) < 4.78 is 6.11. The summed E-state index contributed by atoms with van der Waals surface area (Å²) in [6.07, 6.45) is 2.40. The smallest absolute Gasteiger partial charge is 0.246 e. The van der Waals surface area contributed by atoms with Crippen molar-refractivity contribution in [1.82, 2.24) is 5.32 Å². The molecule has 0 bridgehead atoms. The molecule has 0 spiro atoms. The highest BCUT2D eigenvalue weighted by Crippen LogP contribution is 2.65. The first-order valence-corrected chi connectivity index (χ1v) is 15.2. The number of aromatic hydroxyl groups is 1. The molecule has 6 atom stereocenters. The number of imide groups is 2. The minimum Gasteiger partial charge on any atom is -0.504 e. The summed E-state index contributed by atoms with van der Waals surface area (Å²) in [6.45, 7) is 0. The molecule has 1 saturated carbocycles. The largest absolute Gasteiger partial charge is 0.504 e. The van der Waals surface area contributed by atoms with Gasteiger partial charge in [0, 0.05) is 21.0 Å². The second-order valence-electron chi connectivity index (χ2n) is 11.5. The van der Waals surface area contributed by atoms with Gasteiger partial charge in [0.1, 0.15) is 0 Å². The van der Waals surface area contributed by atoms with Gasteiger partial charge in [-0.3, -0.25) is 24.5 Å². The number of hydrogen-bond acceptors (Lipinski definition) is 6. The Kier molecular flexibility index (Phi) is 6.52. The van der Waals surface area contributed by atoms with Crippen LogP contribution in [0.25, 0.3) is 0 Å². The van der Waals surface area contributed by atoms with E-state index >= 15 is 4.79 Å². The number of nitrogens with zero attached hydrogens (tertiary/aromatic N) is 1. The molecule has 218 valence electrons. The van der Waals surface area contributed by atoms with Gasteiger partial charge in [0.2, 0.25) is 23.6 Å². The molecule has 4 aliphatic rings. The van der Waals surface area contributed by atoms with Crippen LogP contribution in [0.4, 0.5) is 5.69 Å². The third-order valence-electron chi connectivity index (χ3n) is 9.61. The molecule has 7 rings (SSSR count). The number of benzene rings is 3. The van der Waals surface area contributed by atoms with Crippen LogP contribution in [0.2, 0.25) is 5.02 Å². The van der Waals surface area contributed by atoms with Crippen LogP contribution in [0.1, 0.15) is 29.9 Å².